The number of Topliss-reactive ketones (excluding diaryl/α,β-unsaturated/α-hetero) is 3. The Hall–Kier alpha value is -4.68. The summed E-state index contributed by atoms with van der Waals surface area (Å²) in [6, 6.07) is 25.0. The Bertz CT molecular complexity index is 1780. The van der Waals surface area contributed by atoms with Gasteiger partial charge in [-0.3, -0.25) is 14.4 Å². The van der Waals surface area contributed by atoms with E-state index in [4.69, 9.17) is 21.1 Å². The van der Waals surface area contributed by atoms with E-state index in [1.807, 2.05) is 47.4 Å². The Kier molecular flexibility index (Phi) is 6.06. The largest absolute Gasteiger partial charge is 0.497 e. The molecule has 0 radical (unpaired) electrons. The van der Waals surface area contributed by atoms with Crippen LogP contribution < -0.4 is 14.4 Å². The highest BCUT2D eigenvalue weighted by Crippen LogP contribution is 2.62. The van der Waals surface area contributed by atoms with E-state index in [0.717, 1.165) is 11.3 Å². The molecule has 1 saturated heterocycles. The van der Waals surface area contributed by atoms with Gasteiger partial charge in [0.05, 0.1) is 20.3 Å². The number of halogens is 1. The van der Waals surface area contributed by atoms with Gasteiger partial charge in [0.15, 0.2) is 17.3 Å². The number of benzene rings is 4. The highest BCUT2D eigenvalue weighted by Gasteiger charge is 2.72. The van der Waals surface area contributed by atoms with Gasteiger partial charge in [-0.25, -0.2) is 0 Å². The van der Waals surface area contributed by atoms with E-state index < -0.39 is 23.4 Å². The van der Waals surface area contributed by atoms with Crippen LogP contribution >= 0.6 is 11.6 Å². The monoisotopic (exact) mass is 575 g/mol. The molecular formula is C35H26ClNO5. The van der Waals surface area contributed by atoms with Crippen molar-refractivity contribution in [3.63, 3.8) is 0 Å². The highest BCUT2D eigenvalue weighted by atomic mass is 35.5. The molecule has 0 aromatic heterocycles. The first kappa shape index (κ1) is 26.2. The molecule has 0 bridgehead atoms. The molecule has 0 N–H and O–H groups in total. The lowest BCUT2D eigenvalue weighted by atomic mass is 9.64. The summed E-state index contributed by atoms with van der Waals surface area (Å²) in [7, 11) is 3.09. The maximum Gasteiger partial charge on any atom is 0.185 e. The van der Waals surface area contributed by atoms with Crippen LogP contribution in [-0.4, -0.2) is 43.7 Å². The standard InChI is InChI=1S/C35H26ClNO5/c1-41-23-14-16-28(42-2)26(19-23)30-31(32(38)20-8-4-3-5-9-20)37-27-15-13-22(36)18-21(27)12-17-29(37)35(30)33(39)24-10-6-7-11-25(24)34(35)40/h3-19,29-31H,1-2H3/t29-,30+,31+/m0/s1. The van der Waals surface area contributed by atoms with Gasteiger partial charge >= 0.3 is 0 Å². The fourth-order valence-corrected chi connectivity index (χ4v) is 7.33. The molecule has 2 aliphatic heterocycles. The fourth-order valence-electron chi connectivity index (χ4n) is 7.15. The SMILES string of the molecule is COc1ccc(OC)c([C@@H]2[C@H](C(=O)c3ccccc3)N3c4ccc(Cl)cc4C=C[C@H]3C23C(=O)c2ccccc2C3=O)c1. The summed E-state index contributed by atoms with van der Waals surface area (Å²) in [5.74, 6) is -0.756. The van der Waals surface area contributed by atoms with Crippen LogP contribution in [0.3, 0.4) is 0 Å². The van der Waals surface area contributed by atoms with Crippen molar-refractivity contribution < 1.29 is 23.9 Å². The topological polar surface area (TPSA) is 72.9 Å². The van der Waals surface area contributed by atoms with Crippen LogP contribution in [0.4, 0.5) is 5.69 Å². The highest BCUT2D eigenvalue weighted by molar-refractivity contribution is 6.33. The average molecular weight is 576 g/mol. The maximum absolute atomic E-state index is 14.8. The number of methoxy groups -OCH3 is 2. The van der Waals surface area contributed by atoms with Gasteiger partial charge in [-0.15, -0.1) is 0 Å². The molecule has 1 aliphatic carbocycles. The van der Waals surface area contributed by atoms with Crippen molar-refractivity contribution in [2.45, 2.75) is 18.0 Å². The van der Waals surface area contributed by atoms with Crippen LogP contribution in [0.2, 0.25) is 5.02 Å². The summed E-state index contributed by atoms with van der Waals surface area (Å²) in [6.45, 7) is 0. The van der Waals surface area contributed by atoms with Gasteiger partial charge < -0.3 is 14.4 Å². The second kappa shape index (κ2) is 9.71. The van der Waals surface area contributed by atoms with E-state index in [1.54, 1.807) is 74.9 Å². The number of rotatable bonds is 5. The van der Waals surface area contributed by atoms with Crippen LogP contribution in [-0.2, 0) is 0 Å². The number of hydrogen-bond donors (Lipinski definition) is 0. The molecule has 3 aliphatic rings. The third kappa shape index (κ3) is 3.48. The Balaban J connectivity index is 1.59. The molecule has 208 valence electrons. The van der Waals surface area contributed by atoms with Crippen molar-refractivity contribution in [1.82, 2.24) is 0 Å². The first-order chi connectivity index (χ1) is 20.4. The number of hydrogen-bond acceptors (Lipinski definition) is 6. The normalized spacial score (nSPS) is 21.2. The third-order valence-corrected chi connectivity index (χ3v) is 9.10. The predicted molar refractivity (Wildman–Crippen MR) is 161 cm³/mol. The Morgan fingerprint density at radius 2 is 1.52 bits per heavy atom. The lowest BCUT2D eigenvalue weighted by molar-refractivity contribution is 0.0664. The van der Waals surface area contributed by atoms with Crippen molar-refractivity contribution >= 4 is 40.7 Å². The molecule has 4 aromatic rings. The number of carbonyl (C=O) groups is 3. The molecule has 1 fully saturated rings. The molecule has 3 atom stereocenters. The van der Waals surface area contributed by atoms with Gasteiger partial charge in [0.2, 0.25) is 0 Å². The zero-order chi connectivity index (χ0) is 29.2. The lowest BCUT2D eigenvalue weighted by Gasteiger charge is -2.37. The van der Waals surface area contributed by atoms with Crippen LogP contribution in [0.15, 0.2) is 97.1 Å². The average Bonchev–Trinajstić information content (AvgIpc) is 3.46. The number of anilines is 1. The minimum Gasteiger partial charge on any atom is -0.497 e. The first-order valence-electron chi connectivity index (χ1n) is 13.7. The van der Waals surface area contributed by atoms with Crippen molar-refractivity contribution in [3.8, 4) is 11.5 Å². The molecule has 1 spiro atoms. The number of carbonyl (C=O) groups excluding carboxylic acids is 3. The van der Waals surface area contributed by atoms with Gasteiger partial charge in [0.25, 0.3) is 0 Å². The van der Waals surface area contributed by atoms with Crippen molar-refractivity contribution in [2.24, 2.45) is 5.41 Å². The molecule has 0 unspecified atom stereocenters. The molecular weight excluding hydrogens is 550 g/mol. The van der Waals surface area contributed by atoms with Gasteiger partial charge in [-0.1, -0.05) is 78.4 Å². The first-order valence-corrected chi connectivity index (χ1v) is 14.1. The number of ketones is 3. The van der Waals surface area contributed by atoms with E-state index in [0.29, 0.717) is 38.8 Å². The second-order valence-corrected chi connectivity index (χ2v) is 11.2. The van der Waals surface area contributed by atoms with Crippen LogP contribution in [0.1, 0.15) is 48.1 Å². The van der Waals surface area contributed by atoms with Crippen LogP contribution in [0.5, 0.6) is 11.5 Å². The second-order valence-electron chi connectivity index (χ2n) is 10.7. The molecule has 0 saturated carbocycles. The minimum absolute atomic E-state index is 0.208. The van der Waals surface area contributed by atoms with Gasteiger partial charge in [-0.2, -0.15) is 0 Å². The van der Waals surface area contributed by atoms with E-state index in [1.165, 1.54) is 0 Å². The zero-order valence-electron chi connectivity index (χ0n) is 22.9. The molecule has 7 heteroatoms. The van der Waals surface area contributed by atoms with E-state index in [9.17, 15) is 14.4 Å². The van der Waals surface area contributed by atoms with Crippen molar-refractivity contribution in [2.75, 3.05) is 19.1 Å². The Labute approximate surface area is 248 Å². The molecule has 7 rings (SSSR count). The quantitative estimate of drug-likeness (QED) is 0.195. The van der Waals surface area contributed by atoms with E-state index in [-0.39, 0.29) is 17.3 Å². The number of nitrogens with zero attached hydrogens (tertiary/aromatic N) is 1. The van der Waals surface area contributed by atoms with Crippen LogP contribution in [0.25, 0.3) is 6.08 Å². The smallest absolute Gasteiger partial charge is 0.185 e. The molecule has 6 nitrogen and oxygen atoms in total. The summed E-state index contributed by atoms with van der Waals surface area (Å²) in [6.07, 6.45) is 3.77. The lowest BCUT2D eigenvalue weighted by Crippen LogP contribution is -2.48. The number of ether oxygens (including phenoxy) is 2. The summed E-state index contributed by atoms with van der Waals surface area (Å²) in [4.78, 5) is 46.3. The third-order valence-electron chi connectivity index (χ3n) is 8.86. The summed E-state index contributed by atoms with van der Waals surface area (Å²) in [5.41, 5.74) is 1.63. The van der Waals surface area contributed by atoms with Crippen molar-refractivity contribution in [1.29, 1.82) is 0 Å². The fraction of sp³-hybridized carbons (Fsp3) is 0.171. The molecule has 2 heterocycles. The summed E-state index contributed by atoms with van der Waals surface area (Å²) >= 11 is 6.38. The van der Waals surface area contributed by atoms with Crippen molar-refractivity contribution in [3.05, 3.63) is 130 Å². The Morgan fingerprint density at radius 1 is 0.833 bits per heavy atom. The predicted octanol–water partition coefficient (Wildman–Crippen LogP) is 6.67. The molecule has 0 amide bonds. The summed E-state index contributed by atoms with van der Waals surface area (Å²) < 4.78 is 11.4. The van der Waals surface area contributed by atoms with E-state index in [2.05, 4.69) is 0 Å². The van der Waals surface area contributed by atoms with Gasteiger partial charge in [-0.05, 0) is 42.0 Å². The van der Waals surface area contributed by atoms with E-state index >= 15 is 0 Å². The molecule has 42 heavy (non-hydrogen) atoms. The summed E-state index contributed by atoms with van der Waals surface area (Å²) in [5, 5.41) is 0.545. The van der Waals surface area contributed by atoms with Gasteiger partial charge in [0.1, 0.15) is 23.0 Å². The number of fused-ring (bicyclic) bond motifs is 5. The Morgan fingerprint density at radius 3 is 2.19 bits per heavy atom. The molecule has 4 aromatic carbocycles. The van der Waals surface area contributed by atoms with Gasteiger partial charge in [0, 0.05) is 38.9 Å². The maximum atomic E-state index is 14.8. The minimum atomic E-state index is -1.65. The van der Waals surface area contributed by atoms with Crippen LogP contribution in [0, 0.1) is 5.41 Å². The zero-order valence-corrected chi connectivity index (χ0v) is 23.7.